The van der Waals surface area contributed by atoms with Crippen LogP contribution < -0.4 is 5.32 Å². The van der Waals surface area contributed by atoms with E-state index in [4.69, 9.17) is 0 Å². The van der Waals surface area contributed by atoms with Gasteiger partial charge in [0.25, 0.3) is 0 Å². The van der Waals surface area contributed by atoms with Crippen molar-refractivity contribution in [2.75, 3.05) is 5.32 Å². The predicted molar refractivity (Wildman–Crippen MR) is 115 cm³/mol. The zero-order chi connectivity index (χ0) is 22.9. The normalized spacial score (nSPS) is 11.9. The molecule has 0 fully saturated rings. The maximum atomic E-state index is 12.9. The van der Waals surface area contributed by atoms with Gasteiger partial charge >= 0.3 is 12.1 Å². The molecule has 0 spiro atoms. The maximum absolute atomic E-state index is 12.9. The van der Waals surface area contributed by atoms with Crippen molar-refractivity contribution in [2.24, 2.45) is 0 Å². The minimum Gasteiger partial charge on any atom is -0.478 e. The van der Waals surface area contributed by atoms with Gasteiger partial charge in [0.2, 0.25) is 0 Å². The van der Waals surface area contributed by atoms with E-state index in [0.29, 0.717) is 23.3 Å². The number of hydrogen-bond acceptors (Lipinski definition) is 5. The lowest BCUT2D eigenvalue weighted by atomic mass is 9.99. The monoisotopic (exact) mass is 449 g/mol. The van der Waals surface area contributed by atoms with Crippen LogP contribution in [-0.2, 0) is 6.18 Å². The van der Waals surface area contributed by atoms with Crippen molar-refractivity contribution in [2.45, 2.75) is 45.7 Å². The first-order chi connectivity index (χ1) is 14.5. The molecule has 0 aliphatic carbocycles. The van der Waals surface area contributed by atoms with Crippen molar-refractivity contribution in [1.29, 1.82) is 0 Å². The summed E-state index contributed by atoms with van der Waals surface area (Å²) in [4.78, 5) is 20.7. The highest BCUT2D eigenvalue weighted by atomic mass is 32.1. The standard InChI is InChI=1S/C22H22F3N3O2S/c1-11(2)13-5-7-14(8-6-13)18-17(12(3)4)27-21(31-18)28-19-16(20(29)30)9-15(10-26-19)22(23,24)25/h5-12H,1-4H3,(H,29,30)(H,26,27,28). The number of hydrogen-bond donors (Lipinski definition) is 2. The Hall–Kier alpha value is -2.94. The number of halogens is 3. The number of thiazole rings is 1. The van der Waals surface area contributed by atoms with Crippen LogP contribution in [0.1, 0.15) is 66.7 Å². The van der Waals surface area contributed by atoms with Gasteiger partial charge in [0.1, 0.15) is 11.4 Å². The van der Waals surface area contributed by atoms with Crippen LogP contribution in [-0.4, -0.2) is 21.0 Å². The van der Waals surface area contributed by atoms with Gasteiger partial charge in [-0.25, -0.2) is 14.8 Å². The molecular weight excluding hydrogens is 427 g/mol. The van der Waals surface area contributed by atoms with Crippen molar-refractivity contribution >= 4 is 28.3 Å². The minimum absolute atomic E-state index is 0.0890. The third-order valence-electron chi connectivity index (χ3n) is 4.71. The number of nitrogens with zero attached hydrogens (tertiary/aromatic N) is 2. The van der Waals surface area contributed by atoms with Gasteiger partial charge in [0.05, 0.1) is 16.1 Å². The summed E-state index contributed by atoms with van der Waals surface area (Å²) in [6, 6.07) is 8.70. The average molecular weight is 449 g/mol. The topological polar surface area (TPSA) is 75.1 Å². The van der Waals surface area contributed by atoms with Crippen LogP contribution >= 0.6 is 11.3 Å². The number of carboxylic acid groups (broad SMARTS) is 1. The number of alkyl halides is 3. The van der Waals surface area contributed by atoms with Crippen LogP contribution in [0.2, 0.25) is 0 Å². The number of aromatic nitrogens is 2. The van der Waals surface area contributed by atoms with Gasteiger partial charge in [-0.3, -0.25) is 0 Å². The number of anilines is 2. The van der Waals surface area contributed by atoms with E-state index in [1.165, 1.54) is 16.9 Å². The van der Waals surface area contributed by atoms with E-state index in [1.54, 1.807) is 0 Å². The van der Waals surface area contributed by atoms with E-state index in [0.717, 1.165) is 16.1 Å². The molecule has 0 saturated carbocycles. The molecule has 0 amide bonds. The summed E-state index contributed by atoms with van der Waals surface area (Å²) in [5, 5.41) is 12.5. The lowest BCUT2D eigenvalue weighted by molar-refractivity contribution is -0.137. The van der Waals surface area contributed by atoms with Crippen LogP contribution in [0.15, 0.2) is 36.5 Å². The summed E-state index contributed by atoms with van der Waals surface area (Å²) in [6.07, 6.45) is -4.08. The number of rotatable bonds is 6. The van der Waals surface area contributed by atoms with E-state index in [9.17, 15) is 23.1 Å². The maximum Gasteiger partial charge on any atom is 0.417 e. The molecule has 0 radical (unpaired) electrons. The molecule has 0 aliphatic rings. The first-order valence-electron chi connectivity index (χ1n) is 9.66. The van der Waals surface area contributed by atoms with Crippen LogP contribution in [0.3, 0.4) is 0 Å². The molecule has 0 aliphatic heterocycles. The Morgan fingerprint density at radius 2 is 1.74 bits per heavy atom. The second-order valence-electron chi connectivity index (χ2n) is 7.71. The predicted octanol–water partition coefficient (Wildman–Crippen LogP) is 6.91. The van der Waals surface area contributed by atoms with Gasteiger partial charge < -0.3 is 10.4 Å². The number of aromatic carboxylic acids is 1. The Morgan fingerprint density at radius 3 is 2.26 bits per heavy atom. The van der Waals surface area contributed by atoms with Crippen molar-refractivity contribution in [3.05, 3.63) is 58.9 Å². The average Bonchev–Trinajstić information content (AvgIpc) is 3.11. The van der Waals surface area contributed by atoms with E-state index in [1.807, 2.05) is 26.0 Å². The number of carboxylic acids is 1. The lowest BCUT2D eigenvalue weighted by Crippen LogP contribution is -2.11. The minimum atomic E-state index is -4.68. The van der Waals surface area contributed by atoms with Crippen molar-refractivity contribution in [3.8, 4) is 10.4 Å². The van der Waals surface area contributed by atoms with Crippen LogP contribution in [0.4, 0.5) is 24.1 Å². The van der Waals surface area contributed by atoms with Crippen molar-refractivity contribution < 1.29 is 23.1 Å². The Balaban J connectivity index is 2.00. The summed E-state index contributed by atoms with van der Waals surface area (Å²) in [6.45, 7) is 8.20. The second-order valence-corrected chi connectivity index (χ2v) is 8.71. The summed E-state index contributed by atoms with van der Waals surface area (Å²) < 4.78 is 38.8. The Kier molecular flexibility index (Phi) is 6.35. The highest BCUT2D eigenvalue weighted by molar-refractivity contribution is 7.19. The fourth-order valence-electron chi connectivity index (χ4n) is 2.99. The molecule has 0 bridgehead atoms. The Labute approximate surface area is 182 Å². The fraction of sp³-hybridized carbons (Fsp3) is 0.318. The Morgan fingerprint density at radius 1 is 1.10 bits per heavy atom. The quantitative estimate of drug-likeness (QED) is 0.428. The Bertz CT molecular complexity index is 1090. The number of nitrogens with one attached hydrogen (secondary N) is 1. The summed E-state index contributed by atoms with van der Waals surface area (Å²) in [5.41, 5.74) is 1.30. The van der Waals surface area contributed by atoms with E-state index in [2.05, 4.69) is 41.3 Å². The first kappa shape index (κ1) is 22.7. The van der Waals surface area contributed by atoms with Crippen LogP contribution in [0.25, 0.3) is 10.4 Å². The van der Waals surface area contributed by atoms with Crippen LogP contribution in [0, 0.1) is 0 Å². The number of pyridine rings is 1. The highest BCUT2D eigenvalue weighted by Crippen LogP contribution is 2.39. The van der Waals surface area contributed by atoms with Gasteiger partial charge in [-0.05, 0) is 29.0 Å². The van der Waals surface area contributed by atoms with Crippen molar-refractivity contribution in [1.82, 2.24) is 9.97 Å². The molecule has 0 unspecified atom stereocenters. The largest absolute Gasteiger partial charge is 0.478 e. The van der Waals surface area contributed by atoms with Gasteiger partial charge in [-0.2, -0.15) is 13.2 Å². The third kappa shape index (κ3) is 5.04. The third-order valence-corrected chi connectivity index (χ3v) is 5.75. The summed E-state index contributed by atoms with van der Waals surface area (Å²) in [5.74, 6) is -1.21. The second kappa shape index (κ2) is 8.66. The molecule has 2 aromatic heterocycles. The zero-order valence-corrected chi connectivity index (χ0v) is 18.2. The molecular formula is C22H22F3N3O2S. The molecule has 9 heteroatoms. The highest BCUT2D eigenvalue weighted by Gasteiger charge is 2.32. The molecule has 2 heterocycles. The fourth-order valence-corrected chi connectivity index (χ4v) is 4.11. The lowest BCUT2D eigenvalue weighted by Gasteiger charge is -2.10. The van der Waals surface area contributed by atoms with Crippen LogP contribution in [0.5, 0.6) is 0 Å². The van der Waals surface area contributed by atoms with Gasteiger partial charge in [0, 0.05) is 6.20 Å². The van der Waals surface area contributed by atoms with Gasteiger partial charge in [-0.15, -0.1) is 0 Å². The molecule has 0 atom stereocenters. The number of carbonyl (C=O) groups is 1. The SMILES string of the molecule is CC(C)c1ccc(-c2sc(Nc3ncc(C(F)(F)F)cc3C(=O)O)nc2C(C)C)cc1. The molecule has 31 heavy (non-hydrogen) atoms. The summed E-state index contributed by atoms with van der Waals surface area (Å²) >= 11 is 1.30. The van der Waals surface area contributed by atoms with E-state index >= 15 is 0 Å². The number of benzene rings is 1. The summed E-state index contributed by atoms with van der Waals surface area (Å²) in [7, 11) is 0. The van der Waals surface area contributed by atoms with Crippen molar-refractivity contribution in [3.63, 3.8) is 0 Å². The molecule has 164 valence electrons. The molecule has 1 aromatic carbocycles. The van der Waals surface area contributed by atoms with Gasteiger partial charge in [-0.1, -0.05) is 63.3 Å². The van der Waals surface area contributed by atoms with E-state index in [-0.39, 0.29) is 11.7 Å². The molecule has 5 nitrogen and oxygen atoms in total. The molecule has 2 N–H and O–H groups in total. The molecule has 0 saturated heterocycles. The smallest absolute Gasteiger partial charge is 0.417 e. The molecule has 3 rings (SSSR count). The zero-order valence-electron chi connectivity index (χ0n) is 17.4. The first-order valence-corrected chi connectivity index (χ1v) is 10.5. The van der Waals surface area contributed by atoms with Gasteiger partial charge in [0.15, 0.2) is 5.13 Å². The van der Waals surface area contributed by atoms with E-state index < -0.39 is 23.3 Å². The molecule has 3 aromatic rings.